The van der Waals surface area contributed by atoms with Crippen LogP contribution in [-0.4, -0.2) is 67.7 Å². The van der Waals surface area contributed by atoms with Crippen molar-refractivity contribution in [2.45, 2.75) is 59.8 Å². The van der Waals surface area contributed by atoms with Gasteiger partial charge in [-0.25, -0.2) is 13.1 Å². The molecule has 0 aliphatic heterocycles. The minimum Gasteiger partial charge on any atom is -0.295 e. The van der Waals surface area contributed by atoms with Gasteiger partial charge in [-0.1, -0.05) is 6.58 Å². The van der Waals surface area contributed by atoms with Crippen LogP contribution >= 0.6 is 0 Å². The molecule has 0 aromatic carbocycles. The quantitative estimate of drug-likeness (QED) is 0.176. The summed E-state index contributed by atoms with van der Waals surface area (Å²) >= 11 is 0. The third-order valence-electron chi connectivity index (χ3n) is 4.15. The number of alkyl halides is 17. The van der Waals surface area contributed by atoms with Crippen molar-refractivity contribution in [3.63, 3.8) is 0 Å². The smallest absolute Gasteiger partial charge is 0.295 e. The predicted molar refractivity (Wildman–Crippen MR) is 82.0 cm³/mol. The number of hydrogen-bond acceptors (Lipinski definition) is 3. The van der Waals surface area contributed by atoms with Gasteiger partial charge in [0.05, 0.1) is 0 Å². The lowest BCUT2D eigenvalue weighted by atomic mass is 9.91. The molecule has 0 radical (unpaired) electrons. The van der Waals surface area contributed by atoms with E-state index in [1.807, 2.05) is 0 Å². The number of hydrogen-bond donors (Lipinski definition) is 1. The first-order valence-corrected chi connectivity index (χ1v) is 9.80. The molecular formula is C14H10F17NO3S. The molecule has 0 aromatic heterocycles. The normalized spacial score (nSPS) is 15.7. The fourth-order valence-corrected chi connectivity index (χ4v) is 3.04. The highest BCUT2D eigenvalue weighted by molar-refractivity contribution is 7.90. The second-order valence-corrected chi connectivity index (χ2v) is 8.44. The molecule has 1 N–H and O–H groups in total. The van der Waals surface area contributed by atoms with Gasteiger partial charge >= 0.3 is 47.0 Å². The summed E-state index contributed by atoms with van der Waals surface area (Å²) in [5.74, 6) is -52.7. The van der Waals surface area contributed by atoms with Gasteiger partial charge < -0.3 is 0 Å². The van der Waals surface area contributed by atoms with Crippen LogP contribution in [0.3, 0.4) is 0 Å². The Morgan fingerprint density at radius 3 is 1.31 bits per heavy atom. The van der Waals surface area contributed by atoms with E-state index in [1.165, 1.54) is 0 Å². The first-order valence-electron chi connectivity index (χ1n) is 8.31. The topological polar surface area (TPSA) is 63.2 Å². The van der Waals surface area contributed by atoms with E-state index in [9.17, 15) is 87.8 Å². The Balaban J connectivity index is 6.55. The minimum absolute atomic E-state index is 0.395. The lowest BCUT2D eigenvalue weighted by Gasteiger charge is -2.42. The SMILES string of the molecule is C=CC(=O)CCCNS(=O)(=O)C(F)(F)C(F)(F)C(F)(F)C(F)(F)C(F)(F)C(F)(F)C(F)(F)C(F)(F)F. The van der Waals surface area contributed by atoms with E-state index in [0.29, 0.717) is 10.8 Å². The Morgan fingerprint density at radius 1 is 0.639 bits per heavy atom. The molecule has 0 saturated carbocycles. The number of sulfonamides is 1. The van der Waals surface area contributed by atoms with Crippen LogP contribution in [0, 0.1) is 0 Å². The summed E-state index contributed by atoms with van der Waals surface area (Å²) in [6.45, 7) is 1.39. The number of rotatable bonds is 13. The lowest BCUT2D eigenvalue weighted by molar-refractivity contribution is -0.458. The van der Waals surface area contributed by atoms with Crippen molar-refractivity contribution in [2.24, 2.45) is 0 Å². The minimum atomic E-state index is -8.88. The van der Waals surface area contributed by atoms with E-state index < -0.39 is 82.2 Å². The maximum atomic E-state index is 13.7. The third kappa shape index (κ3) is 4.85. The molecule has 0 unspecified atom stereocenters. The van der Waals surface area contributed by atoms with Gasteiger partial charge in [0, 0.05) is 13.0 Å². The Labute approximate surface area is 188 Å². The Kier molecular flexibility index (Phi) is 8.97. The van der Waals surface area contributed by atoms with Crippen LogP contribution in [-0.2, 0) is 14.8 Å². The molecule has 0 fully saturated rings. The molecule has 36 heavy (non-hydrogen) atoms. The average Bonchev–Trinajstić information content (AvgIpc) is 2.68. The second-order valence-electron chi connectivity index (χ2n) is 6.63. The van der Waals surface area contributed by atoms with Gasteiger partial charge in [0.15, 0.2) is 5.78 Å². The highest BCUT2D eigenvalue weighted by Crippen LogP contribution is 2.64. The molecule has 0 spiro atoms. The summed E-state index contributed by atoms with van der Waals surface area (Å²) in [7, 11) is -7.34. The summed E-state index contributed by atoms with van der Waals surface area (Å²) < 4.78 is 246. The van der Waals surface area contributed by atoms with Crippen LogP contribution in [0.25, 0.3) is 0 Å². The van der Waals surface area contributed by atoms with Crippen molar-refractivity contribution < 1.29 is 87.8 Å². The van der Waals surface area contributed by atoms with Crippen molar-refractivity contribution >= 4 is 15.8 Å². The van der Waals surface area contributed by atoms with Crippen LogP contribution < -0.4 is 4.72 Å². The van der Waals surface area contributed by atoms with Crippen LogP contribution in [0.5, 0.6) is 0 Å². The fourth-order valence-electron chi connectivity index (χ4n) is 1.98. The van der Waals surface area contributed by atoms with Gasteiger partial charge in [-0.15, -0.1) is 0 Å². The van der Waals surface area contributed by atoms with Crippen molar-refractivity contribution in [3.8, 4) is 0 Å². The lowest BCUT2D eigenvalue weighted by Crippen LogP contribution is -2.75. The maximum Gasteiger partial charge on any atom is 0.460 e. The molecule has 0 rings (SSSR count). The molecule has 4 nitrogen and oxygen atoms in total. The van der Waals surface area contributed by atoms with Crippen LogP contribution in [0.15, 0.2) is 12.7 Å². The second kappa shape index (κ2) is 9.46. The first-order chi connectivity index (χ1) is 15.5. The fraction of sp³-hybridized carbons (Fsp3) is 0.786. The van der Waals surface area contributed by atoms with Gasteiger partial charge in [-0.3, -0.25) is 4.79 Å². The van der Waals surface area contributed by atoms with Crippen LogP contribution in [0.2, 0.25) is 0 Å². The molecule has 214 valence electrons. The zero-order valence-corrected chi connectivity index (χ0v) is 17.3. The molecule has 0 amide bonds. The van der Waals surface area contributed by atoms with E-state index in [2.05, 4.69) is 6.58 Å². The summed E-state index contributed by atoms with van der Waals surface area (Å²) in [4.78, 5) is 10.8. The van der Waals surface area contributed by atoms with Crippen LogP contribution in [0.4, 0.5) is 74.6 Å². The van der Waals surface area contributed by atoms with Gasteiger partial charge in [-0.05, 0) is 12.5 Å². The van der Waals surface area contributed by atoms with E-state index in [0.717, 1.165) is 0 Å². The van der Waals surface area contributed by atoms with Crippen molar-refractivity contribution in [2.75, 3.05) is 6.54 Å². The van der Waals surface area contributed by atoms with E-state index in [-0.39, 0.29) is 0 Å². The Morgan fingerprint density at radius 2 is 0.972 bits per heavy atom. The molecule has 0 aromatic rings. The summed E-state index contributed by atoms with van der Waals surface area (Å²) in [5, 5.41) is -7.62. The van der Waals surface area contributed by atoms with E-state index >= 15 is 0 Å². The standard InChI is InChI=1S/C14H10F17NO3S/c1-2-6(33)4-3-5-32-36(34,35)14(30,31)12(25,26)10(21,22)8(17,18)7(15,16)9(19,20)11(23,24)13(27,28)29/h2,32H,1,3-5H2. The first kappa shape index (κ1) is 34.1. The van der Waals surface area contributed by atoms with Crippen molar-refractivity contribution in [1.29, 1.82) is 0 Å². The number of allylic oxidation sites excluding steroid dienone is 1. The van der Waals surface area contributed by atoms with Gasteiger partial charge in [0.25, 0.3) is 10.0 Å². The number of nitrogens with one attached hydrogen (secondary N) is 1. The predicted octanol–water partition coefficient (Wildman–Crippen LogP) is 5.41. The summed E-state index contributed by atoms with van der Waals surface area (Å²) in [5.41, 5.74) is 0. The number of carbonyl (C=O) groups is 1. The van der Waals surface area contributed by atoms with Gasteiger partial charge in [0.2, 0.25) is 0 Å². The average molecular weight is 595 g/mol. The molecule has 0 bridgehead atoms. The Bertz CT molecular complexity index is 939. The monoisotopic (exact) mass is 595 g/mol. The number of ketones is 1. The Hall–Kier alpha value is -1.87. The highest BCUT2D eigenvalue weighted by Gasteiger charge is 2.96. The number of halogens is 17. The molecule has 0 atom stereocenters. The summed E-state index contributed by atoms with van der Waals surface area (Å²) in [6, 6.07) is 0. The molecule has 0 heterocycles. The molecule has 22 heteroatoms. The van der Waals surface area contributed by atoms with E-state index in [4.69, 9.17) is 0 Å². The van der Waals surface area contributed by atoms with Gasteiger partial charge in [-0.2, -0.15) is 74.6 Å². The largest absolute Gasteiger partial charge is 0.460 e. The highest BCUT2D eigenvalue weighted by atomic mass is 32.2. The molecule has 0 saturated heterocycles. The summed E-state index contributed by atoms with van der Waals surface area (Å²) in [6.07, 6.45) is -8.93. The van der Waals surface area contributed by atoms with Crippen LogP contribution in [0.1, 0.15) is 12.8 Å². The molecule has 0 aliphatic rings. The molecular weight excluding hydrogens is 585 g/mol. The maximum absolute atomic E-state index is 13.7. The van der Waals surface area contributed by atoms with E-state index in [1.54, 1.807) is 0 Å². The zero-order valence-electron chi connectivity index (χ0n) is 16.5. The van der Waals surface area contributed by atoms with Crippen molar-refractivity contribution in [1.82, 2.24) is 4.72 Å². The zero-order chi connectivity index (χ0) is 29.6. The molecule has 0 aliphatic carbocycles. The number of carbonyl (C=O) groups excluding carboxylic acids is 1. The van der Waals surface area contributed by atoms with Gasteiger partial charge in [0.1, 0.15) is 0 Å². The van der Waals surface area contributed by atoms with Crippen molar-refractivity contribution in [3.05, 3.63) is 12.7 Å². The third-order valence-corrected chi connectivity index (χ3v) is 5.67.